The average molecular weight is 268 g/mol. The Hall–Kier alpha value is -0.730. The molecule has 0 saturated carbocycles. The molecule has 1 saturated heterocycles. The first-order valence-corrected chi connectivity index (χ1v) is 7.33. The zero-order chi connectivity index (χ0) is 12.6. The highest BCUT2D eigenvalue weighted by atomic mass is 35.5. The highest BCUT2D eigenvalue weighted by molar-refractivity contribution is 6.30. The number of nitrogens with zero attached hydrogens (tertiary/aromatic N) is 1. The third-order valence-corrected chi connectivity index (χ3v) is 3.62. The maximum absolute atomic E-state index is 5.89. The Morgan fingerprint density at radius 3 is 2.72 bits per heavy atom. The zero-order valence-corrected chi connectivity index (χ0v) is 11.7. The molecule has 0 radical (unpaired) electrons. The van der Waals surface area contributed by atoms with E-state index in [1.165, 1.54) is 45.3 Å². The molecule has 2 nitrogen and oxygen atoms in total. The highest BCUT2D eigenvalue weighted by Gasteiger charge is 2.09. The summed E-state index contributed by atoms with van der Waals surface area (Å²) in [5, 5.41) is 0.738. The molecule has 0 spiro atoms. The summed E-state index contributed by atoms with van der Waals surface area (Å²) < 4.78 is 5.66. The van der Waals surface area contributed by atoms with Gasteiger partial charge >= 0.3 is 0 Å². The summed E-state index contributed by atoms with van der Waals surface area (Å²) >= 11 is 5.89. The lowest BCUT2D eigenvalue weighted by atomic mass is 10.2. The lowest BCUT2D eigenvalue weighted by Crippen LogP contribution is -2.20. The number of likely N-dealkylation sites (tertiary alicyclic amines) is 1. The number of ether oxygens (including phenoxy) is 1. The second kappa shape index (κ2) is 7.65. The van der Waals surface area contributed by atoms with Gasteiger partial charge in [-0.25, -0.2) is 0 Å². The van der Waals surface area contributed by atoms with Crippen molar-refractivity contribution in [2.45, 2.75) is 32.1 Å². The Bertz CT molecular complexity index is 350. The summed E-state index contributed by atoms with van der Waals surface area (Å²) in [6, 6.07) is 7.61. The molecular weight excluding hydrogens is 246 g/mol. The van der Waals surface area contributed by atoms with Crippen LogP contribution < -0.4 is 4.74 Å². The lowest BCUT2D eigenvalue weighted by molar-refractivity contribution is 0.290. The van der Waals surface area contributed by atoms with Crippen LogP contribution in [0, 0.1) is 0 Å². The minimum Gasteiger partial charge on any atom is -0.494 e. The number of unbranched alkanes of at least 4 members (excludes halogenated alkanes) is 2. The molecule has 0 aliphatic carbocycles. The molecule has 0 bridgehead atoms. The van der Waals surface area contributed by atoms with Gasteiger partial charge in [-0.2, -0.15) is 0 Å². The monoisotopic (exact) mass is 267 g/mol. The minimum atomic E-state index is 0.738. The quantitative estimate of drug-likeness (QED) is 0.693. The molecule has 18 heavy (non-hydrogen) atoms. The van der Waals surface area contributed by atoms with E-state index in [-0.39, 0.29) is 0 Å². The first-order chi connectivity index (χ1) is 8.84. The van der Waals surface area contributed by atoms with E-state index in [1.54, 1.807) is 0 Å². The molecular formula is C15H22ClNO. The molecule has 0 unspecified atom stereocenters. The van der Waals surface area contributed by atoms with Gasteiger partial charge in [-0.15, -0.1) is 0 Å². The number of rotatable bonds is 7. The van der Waals surface area contributed by atoms with Gasteiger partial charge in [0.15, 0.2) is 0 Å². The van der Waals surface area contributed by atoms with Crippen LogP contribution in [-0.4, -0.2) is 31.1 Å². The van der Waals surface area contributed by atoms with Crippen molar-refractivity contribution in [2.24, 2.45) is 0 Å². The van der Waals surface area contributed by atoms with Gasteiger partial charge in [-0.1, -0.05) is 17.7 Å². The van der Waals surface area contributed by atoms with Gasteiger partial charge in [-0.05, 0) is 69.9 Å². The van der Waals surface area contributed by atoms with Crippen molar-refractivity contribution in [3.05, 3.63) is 29.3 Å². The van der Waals surface area contributed by atoms with E-state index in [9.17, 15) is 0 Å². The number of halogens is 1. The first kappa shape index (κ1) is 13.7. The summed E-state index contributed by atoms with van der Waals surface area (Å²) in [4.78, 5) is 2.57. The van der Waals surface area contributed by atoms with Crippen LogP contribution in [0.2, 0.25) is 5.02 Å². The SMILES string of the molecule is Clc1cccc(OCCCCCN2CCCC2)c1. The van der Waals surface area contributed by atoms with Gasteiger partial charge in [-0.3, -0.25) is 0 Å². The lowest BCUT2D eigenvalue weighted by Gasteiger charge is -2.13. The largest absolute Gasteiger partial charge is 0.494 e. The molecule has 1 aliphatic heterocycles. The van der Waals surface area contributed by atoms with Gasteiger partial charge in [0.1, 0.15) is 5.75 Å². The van der Waals surface area contributed by atoms with Crippen LogP contribution in [0.4, 0.5) is 0 Å². The number of benzene rings is 1. The second-order valence-electron chi connectivity index (χ2n) is 4.92. The summed E-state index contributed by atoms with van der Waals surface area (Å²) in [7, 11) is 0. The Labute approximate surface area is 115 Å². The predicted octanol–water partition coefficient (Wildman–Crippen LogP) is 3.98. The zero-order valence-electron chi connectivity index (χ0n) is 10.9. The third kappa shape index (κ3) is 4.87. The summed E-state index contributed by atoms with van der Waals surface area (Å²) in [6.45, 7) is 4.66. The van der Waals surface area contributed by atoms with Crippen LogP contribution in [0.3, 0.4) is 0 Å². The van der Waals surface area contributed by atoms with Crippen LogP contribution in [0.1, 0.15) is 32.1 Å². The van der Waals surface area contributed by atoms with E-state index in [1.807, 2.05) is 24.3 Å². The van der Waals surface area contributed by atoms with E-state index in [4.69, 9.17) is 16.3 Å². The van der Waals surface area contributed by atoms with Crippen LogP contribution in [0.25, 0.3) is 0 Å². The van der Waals surface area contributed by atoms with Gasteiger partial charge in [0.05, 0.1) is 6.61 Å². The molecule has 0 amide bonds. The van der Waals surface area contributed by atoms with Crippen LogP contribution in [0.5, 0.6) is 5.75 Å². The average Bonchev–Trinajstić information content (AvgIpc) is 2.87. The van der Waals surface area contributed by atoms with Gasteiger partial charge in [0, 0.05) is 5.02 Å². The van der Waals surface area contributed by atoms with E-state index in [2.05, 4.69) is 4.90 Å². The maximum atomic E-state index is 5.89. The molecule has 0 atom stereocenters. The number of hydrogen-bond acceptors (Lipinski definition) is 2. The van der Waals surface area contributed by atoms with Crippen molar-refractivity contribution in [3.8, 4) is 5.75 Å². The van der Waals surface area contributed by atoms with Crippen molar-refractivity contribution in [1.82, 2.24) is 4.90 Å². The smallest absolute Gasteiger partial charge is 0.120 e. The Kier molecular flexibility index (Phi) is 5.82. The highest BCUT2D eigenvalue weighted by Crippen LogP contribution is 2.17. The fraction of sp³-hybridized carbons (Fsp3) is 0.600. The van der Waals surface area contributed by atoms with Crippen molar-refractivity contribution in [3.63, 3.8) is 0 Å². The molecule has 3 heteroatoms. The molecule has 1 aromatic carbocycles. The molecule has 1 fully saturated rings. The fourth-order valence-electron chi connectivity index (χ4n) is 2.37. The Balaban J connectivity index is 1.50. The Morgan fingerprint density at radius 1 is 1.11 bits per heavy atom. The summed E-state index contributed by atoms with van der Waals surface area (Å²) in [5.41, 5.74) is 0. The van der Waals surface area contributed by atoms with Crippen molar-refractivity contribution >= 4 is 11.6 Å². The van der Waals surface area contributed by atoms with E-state index >= 15 is 0 Å². The molecule has 0 N–H and O–H groups in total. The Morgan fingerprint density at radius 2 is 1.94 bits per heavy atom. The van der Waals surface area contributed by atoms with E-state index in [0.29, 0.717) is 0 Å². The van der Waals surface area contributed by atoms with Crippen molar-refractivity contribution < 1.29 is 4.74 Å². The van der Waals surface area contributed by atoms with Crippen LogP contribution >= 0.6 is 11.6 Å². The minimum absolute atomic E-state index is 0.738. The van der Waals surface area contributed by atoms with Gasteiger partial charge in [0.25, 0.3) is 0 Å². The third-order valence-electron chi connectivity index (χ3n) is 3.38. The van der Waals surface area contributed by atoms with Gasteiger partial charge in [0.2, 0.25) is 0 Å². The molecule has 0 aromatic heterocycles. The summed E-state index contributed by atoms with van der Waals surface area (Å²) in [6.07, 6.45) is 6.44. The van der Waals surface area contributed by atoms with Crippen LogP contribution in [-0.2, 0) is 0 Å². The number of hydrogen-bond donors (Lipinski definition) is 0. The topological polar surface area (TPSA) is 12.5 Å². The van der Waals surface area contributed by atoms with Crippen LogP contribution in [0.15, 0.2) is 24.3 Å². The maximum Gasteiger partial charge on any atom is 0.120 e. The molecule has 1 aromatic rings. The molecule has 100 valence electrons. The van der Waals surface area contributed by atoms with Crippen molar-refractivity contribution in [1.29, 1.82) is 0 Å². The normalized spacial score (nSPS) is 16.1. The first-order valence-electron chi connectivity index (χ1n) is 6.95. The molecule has 1 heterocycles. The fourth-order valence-corrected chi connectivity index (χ4v) is 2.55. The van der Waals surface area contributed by atoms with E-state index in [0.717, 1.165) is 23.8 Å². The summed E-state index contributed by atoms with van der Waals surface area (Å²) in [5.74, 6) is 0.877. The predicted molar refractivity (Wildman–Crippen MR) is 76.5 cm³/mol. The molecule has 1 aliphatic rings. The van der Waals surface area contributed by atoms with Crippen molar-refractivity contribution in [2.75, 3.05) is 26.2 Å². The van der Waals surface area contributed by atoms with Gasteiger partial charge < -0.3 is 9.64 Å². The standard InChI is InChI=1S/C15H22ClNO/c16-14-7-6-8-15(13-14)18-12-5-1-2-9-17-10-3-4-11-17/h6-8,13H,1-5,9-12H2. The van der Waals surface area contributed by atoms with E-state index < -0.39 is 0 Å². The molecule has 2 rings (SSSR count). The second-order valence-corrected chi connectivity index (χ2v) is 5.35.